The van der Waals surface area contributed by atoms with E-state index < -0.39 is 53.5 Å². The average Bonchev–Trinajstić information content (AvgIpc) is 3.25. The zero-order valence-corrected chi connectivity index (χ0v) is 25.8. The molecule has 1 saturated heterocycles. The Morgan fingerprint density at radius 3 is 2.54 bits per heavy atom. The van der Waals surface area contributed by atoms with E-state index in [9.17, 15) is 19.8 Å². The number of rotatable bonds is 4. The number of anilines is 1. The van der Waals surface area contributed by atoms with Gasteiger partial charge in [-0.25, -0.2) is 0 Å². The third-order valence-electron chi connectivity index (χ3n) is 9.30. The Morgan fingerprint density at radius 2 is 1.88 bits per heavy atom. The lowest BCUT2D eigenvalue weighted by molar-refractivity contribution is -0.221. The molecule has 2 heterocycles. The van der Waals surface area contributed by atoms with Crippen LogP contribution in [0, 0.1) is 17.8 Å². The van der Waals surface area contributed by atoms with Crippen LogP contribution in [-0.4, -0.2) is 59.3 Å². The summed E-state index contributed by atoms with van der Waals surface area (Å²) < 4.78 is 11.9. The molecule has 2 fully saturated rings. The molecule has 0 aromatic heterocycles. The molecule has 9 atom stereocenters. The molecule has 4 aliphatic rings. The summed E-state index contributed by atoms with van der Waals surface area (Å²) in [6.07, 6.45) is -0.0562. The Bertz CT molecular complexity index is 1320. The van der Waals surface area contributed by atoms with Gasteiger partial charge in [0.15, 0.2) is 18.4 Å². The maximum absolute atomic E-state index is 13.8. The molecule has 1 aromatic carbocycles. The van der Waals surface area contributed by atoms with E-state index in [0.717, 1.165) is 12.0 Å². The zero-order valence-electron chi connectivity index (χ0n) is 23.5. The summed E-state index contributed by atoms with van der Waals surface area (Å²) >= 11 is 18.8. The van der Waals surface area contributed by atoms with Crippen molar-refractivity contribution in [2.24, 2.45) is 17.8 Å². The molecule has 0 amide bonds. The molecular weight excluding hydrogens is 595 g/mol. The molecule has 1 saturated carbocycles. The summed E-state index contributed by atoms with van der Waals surface area (Å²) in [4.78, 5) is 31.9. The molecule has 2 aliphatic carbocycles. The minimum Gasteiger partial charge on any atom is -0.454 e. The lowest BCUT2D eigenvalue weighted by Gasteiger charge is -2.55. The molecule has 1 aromatic rings. The lowest BCUT2D eigenvalue weighted by Crippen LogP contribution is -2.66. The number of halogens is 3. The van der Waals surface area contributed by atoms with Crippen LogP contribution in [0.25, 0.3) is 0 Å². The first-order chi connectivity index (χ1) is 19.2. The Kier molecular flexibility index (Phi) is 8.22. The minimum atomic E-state index is -1.60. The number of ether oxygens (including phenoxy) is 2. The second-order valence-electron chi connectivity index (χ2n) is 11.7. The van der Waals surface area contributed by atoms with Crippen LogP contribution in [0.5, 0.6) is 0 Å². The van der Waals surface area contributed by atoms with Crippen molar-refractivity contribution in [2.45, 2.75) is 82.6 Å². The second kappa shape index (κ2) is 11.0. The van der Waals surface area contributed by atoms with Crippen LogP contribution < -0.4 is 10.4 Å². The van der Waals surface area contributed by atoms with E-state index in [4.69, 9.17) is 49.1 Å². The van der Waals surface area contributed by atoms with Crippen LogP contribution in [-0.2, 0) is 29.5 Å². The number of benzene rings is 1. The number of para-hydroxylation sites is 1. The van der Waals surface area contributed by atoms with Crippen molar-refractivity contribution in [2.75, 3.05) is 12.1 Å². The molecule has 224 valence electrons. The first-order valence-electron chi connectivity index (χ1n) is 13.7. The van der Waals surface area contributed by atoms with Gasteiger partial charge in [0.2, 0.25) is 0 Å². The van der Waals surface area contributed by atoms with Crippen LogP contribution >= 0.6 is 34.8 Å². The Labute approximate surface area is 254 Å². The molecule has 0 spiro atoms. The molecule has 5 rings (SSSR count). The minimum absolute atomic E-state index is 0.0683. The zero-order chi connectivity index (χ0) is 30.0. The van der Waals surface area contributed by atoms with Crippen molar-refractivity contribution in [1.82, 2.24) is 5.32 Å². The van der Waals surface area contributed by atoms with Crippen molar-refractivity contribution in [3.8, 4) is 0 Å². The van der Waals surface area contributed by atoms with Gasteiger partial charge >= 0.3 is 11.9 Å². The topological polar surface area (TPSA) is 118 Å². The predicted molar refractivity (Wildman–Crippen MR) is 154 cm³/mol. The maximum Gasteiger partial charge on any atom is 0.323 e. The lowest BCUT2D eigenvalue weighted by atomic mass is 9.56. The molecule has 12 heteroatoms. The van der Waals surface area contributed by atoms with Crippen LogP contribution in [0.15, 0.2) is 39.9 Å². The number of nitrogens with one attached hydrogen (secondary N) is 1. The van der Waals surface area contributed by atoms with Gasteiger partial charge in [-0.1, -0.05) is 59.9 Å². The predicted octanol–water partition coefficient (Wildman–Crippen LogP) is 4.50. The summed E-state index contributed by atoms with van der Waals surface area (Å²) in [7, 11) is 1.67. The summed E-state index contributed by atoms with van der Waals surface area (Å²) in [5, 5.41) is 29.1. The van der Waals surface area contributed by atoms with Crippen molar-refractivity contribution >= 4 is 52.4 Å². The highest BCUT2D eigenvalue weighted by molar-refractivity contribution is 6.56. The number of nitrogens with zero attached hydrogens (tertiary/aromatic N) is 1. The largest absolute Gasteiger partial charge is 0.454 e. The molecule has 9 nitrogen and oxygen atoms in total. The van der Waals surface area contributed by atoms with Crippen molar-refractivity contribution in [3.63, 3.8) is 0 Å². The number of allylic oxidation sites excluding steroid dienone is 1. The van der Waals surface area contributed by atoms with Gasteiger partial charge in [-0.2, -0.15) is 0 Å². The number of carbonyl (C=O) groups is 2. The standard InChI is InChI=1S/C29H35Cl3N2O7/c1-13-11-19-17(15(3)25(31)32)10-9-14(2)29(19,38)24(23(13)39-16(4)35)40-26(36)21-12-28(37)18-7-6-8-20(30)22(18)34(5)41-27(28)33-21/h6-8,11,14,17,19,21,23-24,27,33,37-38H,9-10,12H2,1-5H3/t14?,17?,19?,21-,23?,24?,27+,28+,29?/m0/s1. The fourth-order valence-corrected chi connectivity index (χ4v) is 7.68. The highest BCUT2D eigenvalue weighted by Crippen LogP contribution is 2.53. The first kappa shape index (κ1) is 30.6. The van der Waals surface area contributed by atoms with Gasteiger partial charge in [-0.15, -0.1) is 0 Å². The fourth-order valence-electron chi connectivity index (χ4n) is 7.11. The van der Waals surface area contributed by atoms with E-state index in [1.54, 1.807) is 32.2 Å². The fraction of sp³-hybridized carbons (Fsp3) is 0.586. The summed E-state index contributed by atoms with van der Waals surface area (Å²) in [6, 6.07) is 4.16. The molecule has 41 heavy (non-hydrogen) atoms. The van der Waals surface area contributed by atoms with Gasteiger partial charge in [0.05, 0.1) is 10.7 Å². The first-order valence-corrected chi connectivity index (χ1v) is 14.8. The van der Waals surface area contributed by atoms with E-state index in [1.807, 2.05) is 19.9 Å². The molecule has 0 radical (unpaired) electrons. The number of esters is 2. The molecule has 6 unspecified atom stereocenters. The quantitative estimate of drug-likeness (QED) is 0.327. The van der Waals surface area contributed by atoms with Crippen LogP contribution in [0.2, 0.25) is 5.02 Å². The SMILES string of the molecule is CC(=O)OC1C(C)=CC2C(C(C)=C(Cl)Cl)CCC(C)C2(O)C1OC(=O)[C@@H]1C[C@@]2(O)c3cccc(Cl)c3N(C)O[C@H]2N1. The third kappa shape index (κ3) is 4.97. The van der Waals surface area contributed by atoms with Crippen LogP contribution in [0.4, 0.5) is 5.69 Å². The number of hydrogen-bond acceptors (Lipinski definition) is 9. The van der Waals surface area contributed by atoms with Crippen molar-refractivity contribution in [3.05, 3.63) is 50.5 Å². The highest BCUT2D eigenvalue weighted by atomic mass is 35.5. The number of hydrogen-bond donors (Lipinski definition) is 3. The van der Waals surface area contributed by atoms with E-state index in [0.29, 0.717) is 28.3 Å². The molecular formula is C29H35Cl3N2O7. The second-order valence-corrected chi connectivity index (χ2v) is 13.1. The van der Waals surface area contributed by atoms with E-state index in [1.165, 1.54) is 12.0 Å². The Balaban J connectivity index is 1.49. The van der Waals surface area contributed by atoms with Crippen LogP contribution in [0.1, 0.15) is 52.5 Å². The van der Waals surface area contributed by atoms with E-state index in [-0.39, 0.29) is 22.7 Å². The van der Waals surface area contributed by atoms with Gasteiger partial charge in [0.1, 0.15) is 21.7 Å². The maximum atomic E-state index is 13.8. The summed E-state index contributed by atoms with van der Waals surface area (Å²) in [5.41, 5.74) is -0.773. The average molecular weight is 630 g/mol. The Hall–Kier alpha value is -1.85. The van der Waals surface area contributed by atoms with Gasteiger partial charge in [0.25, 0.3) is 0 Å². The molecule has 2 aliphatic heterocycles. The van der Waals surface area contributed by atoms with Gasteiger partial charge in [0, 0.05) is 31.9 Å². The smallest absolute Gasteiger partial charge is 0.323 e. The van der Waals surface area contributed by atoms with E-state index >= 15 is 0 Å². The van der Waals surface area contributed by atoms with Crippen molar-refractivity contribution in [1.29, 1.82) is 0 Å². The Morgan fingerprint density at radius 1 is 1.17 bits per heavy atom. The summed E-state index contributed by atoms with van der Waals surface area (Å²) in [6.45, 7) is 6.76. The van der Waals surface area contributed by atoms with Gasteiger partial charge < -0.3 is 19.7 Å². The van der Waals surface area contributed by atoms with Crippen molar-refractivity contribution < 1.29 is 34.1 Å². The van der Waals surface area contributed by atoms with Gasteiger partial charge in [-0.05, 0) is 55.7 Å². The number of fused-ring (bicyclic) bond motifs is 4. The highest BCUT2D eigenvalue weighted by Gasteiger charge is 2.62. The molecule has 3 N–H and O–H groups in total. The van der Waals surface area contributed by atoms with Gasteiger partial charge in [-0.3, -0.25) is 24.8 Å². The number of carbonyl (C=O) groups excluding carboxylic acids is 2. The number of hydroxylamine groups is 1. The molecule has 0 bridgehead atoms. The van der Waals surface area contributed by atoms with Crippen LogP contribution in [0.3, 0.4) is 0 Å². The monoisotopic (exact) mass is 628 g/mol. The third-order valence-corrected chi connectivity index (χ3v) is 10.2. The summed E-state index contributed by atoms with van der Waals surface area (Å²) in [5.74, 6) is -2.33. The number of aliphatic hydroxyl groups is 2. The van der Waals surface area contributed by atoms with E-state index in [2.05, 4.69) is 5.32 Å². The normalized spacial score (nSPS) is 37.8.